The van der Waals surface area contributed by atoms with Crippen molar-refractivity contribution < 1.29 is 4.42 Å². The molecule has 2 aromatic heterocycles. The van der Waals surface area contributed by atoms with Gasteiger partial charge in [-0.1, -0.05) is 152 Å². The van der Waals surface area contributed by atoms with Gasteiger partial charge in [0.1, 0.15) is 11.3 Å². The standard InChI is InChI=1S/C48H30N2O/c1-2-11-33(12-3-1)48-49-44(30-45(50-48)41-16-7-8-17-42(41)47-29-37-15-6-9-20-46(37)51-47)32-23-21-31(22-24-32)38-18-10-19-39-40(38)26-25-36-27-34-13-4-5-14-35(34)28-43(36)39/h1-30H. The first-order valence-corrected chi connectivity index (χ1v) is 17.2. The highest BCUT2D eigenvalue weighted by atomic mass is 16.3. The van der Waals surface area contributed by atoms with E-state index in [9.17, 15) is 0 Å². The average molecular weight is 651 g/mol. The van der Waals surface area contributed by atoms with Crippen molar-refractivity contribution in [2.45, 2.75) is 0 Å². The highest BCUT2D eigenvalue weighted by Gasteiger charge is 2.17. The Labute approximate surface area is 295 Å². The predicted octanol–water partition coefficient (Wildman–Crippen LogP) is 13.0. The van der Waals surface area contributed by atoms with Crippen molar-refractivity contribution in [2.75, 3.05) is 0 Å². The highest BCUT2D eigenvalue weighted by molar-refractivity contribution is 6.15. The van der Waals surface area contributed by atoms with E-state index in [0.29, 0.717) is 5.82 Å². The Bertz CT molecular complexity index is 2870. The number of benzene rings is 8. The van der Waals surface area contributed by atoms with E-state index in [1.54, 1.807) is 0 Å². The van der Waals surface area contributed by atoms with Gasteiger partial charge in [0, 0.05) is 27.6 Å². The van der Waals surface area contributed by atoms with E-state index in [0.717, 1.165) is 55.9 Å². The minimum Gasteiger partial charge on any atom is -0.456 e. The lowest BCUT2D eigenvalue weighted by atomic mass is 9.93. The smallest absolute Gasteiger partial charge is 0.160 e. The fourth-order valence-corrected chi connectivity index (χ4v) is 7.34. The zero-order chi connectivity index (χ0) is 33.7. The zero-order valence-electron chi connectivity index (χ0n) is 27.6. The van der Waals surface area contributed by atoms with E-state index in [4.69, 9.17) is 14.4 Å². The van der Waals surface area contributed by atoms with Crippen LogP contribution in [0.3, 0.4) is 0 Å². The molecule has 0 amide bonds. The summed E-state index contributed by atoms with van der Waals surface area (Å²) in [6, 6.07) is 63.9. The van der Waals surface area contributed by atoms with Gasteiger partial charge in [-0.25, -0.2) is 9.97 Å². The van der Waals surface area contributed by atoms with Crippen LogP contribution in [0.5, 0.6) is 0 Å². The number of hydrogen-bond acceptors (Lipinski definition) is 3. The molecule has 8 aromatic carbocycles. The van der Waals surface area contributed by atoms with E-state index >= 15 is 0 Å². The lowest BCUT2D eigenvalue weighted by Gasteiger charge is -2.13. The molecule has 0 unspecified atom stereocenters. The molecule has 0 bridgehead atoms. The number of furan rings is 1. The lowest BCUT2D eigenvalue weighted by molar-refractivity contribution is 0.632. The molecule has 10 rings (SSSR count). The van der Waals surface area contributed by atoms with Gasteiger partial charge in [0.25, 0.3) is 0 Å². The number of rotatable bonds is 5. The van der Waals surface area contributed by atoms with Crippen LogP contribution >= 0.6 is 0 Å². The van der Waals surface area contributed by atoms with Crippen LogP contribution in [0, 0.1) is 0 Å². The molecule has 0 N–H and O–H groups in total. The minimum absolute atomic E-state index is 0.681. The summed E-state index contributed by atoms with van der Waals surface area (Å²) in [5.41, 5.74) is 8.91. The van der Waals surface area contributed by atoms with Gasteiger partial charge in [-0.2, -0.15) is 0 Å². The SMILES string of the molecule is c1ccc(-c2nc(-c3ccc(-c4cccc5c4ccc4cc6ccccc6cc45)cc3)cc(-c3ccccc3-c3cc4ccccc4o3)n2)cc1. The Morgan fingerprint density at radius 3 is 1.82 bits per heavy atom. The van der Waals surface area contributed by atoms with E-state index < -0.39 is 0 Å². The highest BCUT2D eigenvalue weighted by Crippen LogP contribution is 2.38. The fraction of sp³-hybridized carbons (Fsp3) is 0. The van der Waals surface area contributed by atoms with E-state index in [2.05, 4.69) is 140 Å². The molecule has 3 nitrogen and oxygen atoms in total. The molecule has 10 aromatic rings. The maximum absolute atomic E-state index is 6.33. The van der Waals surface area contributed by atoms with Crippen molar-refractivity contribution in [3.05, 3.63) is 182 Å². The third-order valence-electron chi connectivity index (χ3n) is 9.89. The molecule has 0 atom stereocenters. The van der Waals surface area contributed by atoms with Crippen molar-refractivity contribution in [3.63, 3.8) is 0 Å². The maximum atomic E-state index is 6.33. The van der Waals surface area contributed by atoms with Crippen LogP contribution in [0.15, 0.2) is 186 Å². The Kier molecular flexibility index (Phi) is 6.81. The van der Waals surface area contributed by atoms with Crippen molar-refractivity contribution in [2.24, 2.45) is 0 Å². The van der Waals surface area contributed by atoms with Crippen molar-refractivity contribution in [1.82, 2.24) is 9.97 Å². The second-order valence-electron chi connectivity index (χ2n) is 13.0. The quantitative estimate of drug-likeness (QED) is 0.137. The minimum atomic E-state index is 0.681. The first-order chi connectivity index (χ1) is 25.2. The third kappa shape index (κ3) is 5.15. The van der Waals surface area contributed by atoms with Crippen molar-refractivity contribution in [3.8, 4) is 56.4 Å². The largest absolute Gasteiger partial charge is 0.456 e. The Morgan fingerprint density at radius 1 is 0.333 bits per heavy atom. The van der Waals surface area contributed by atoms with Crippen LogP contribution in [0.2, 0.25) is 0 Å². The van der Waals surface area contributed by atoms with Crippen LogP contribution in [-0.2, 0) is 0 Å². The topological polar surface area (TPSA) is 38.9 Å². The number of para-hydroxylation sites is 1. The Balaban J connectivity index is 1.08. The molecule has 2 heterocycles. The molecule has 0 radical (unpaired) electrons. The van der Waals surface area contributed by atoms with E-state index in [1.807, 2.05) is 42.5 Å². The van der Waals surface area contributed by atoms with Crippen molar-refractivity contribution >= 4 is 43.3 Å². The summed E-state index contributed by atoms with van der Waals surface area (Å²) >= 11 is 0. The number of aromatic nitrogens is 2. The van der Waals surface area contributed by atoms with Crippen LogP contribution < -0.4 is 0 Å². The molecule has 51 heavy (non-hydrogen) atoms. The van der Waals surface area contributed by atoms with Crippen LogP contribution in [0.25, 0.3) is 99.6 Å². The monoisotopic (exact) mass is 650 g/mol. The third-order valence-corrected chi connectivity index (χ3v) is 9.89. The molecule has 0 aliphatic rings. The van der Waals surface area contributed by atoms with Gasteiger partial charge in [-0.3, -0.25) is 0 Å². The van der Waals surface area contributed by atoms with E-state index in [1.165, 1.54) is 37.9 Å². The molecule has 0 aliphatic carbocycles. The normalized spacial score (nSPS) is 11.5. The van der Waals surface area contributed by atoms with Gasteiger partial charge < -0.3 is 4.42 Å². The fourth-order valence-electron chi connectivity index (χ4n) is 7.34. The summed E-state index contributed by atoms with van der Waals surface area (Å²) in [5, 5.41) is 8.62. The first-order valence-electron chi connectivity index (χ1n) is 17.2. The van der Waals surface area contributed by atoms with Crippen LogP contribution in [-0.4, -0.2) is 9.97 Å². The summed E-state index contributed by atoms with van der Waals surface area (Å²) in [4.78, 5) is 10.2. The summed E-state index contributed by atoms with van der Waals surface area (Å²) in [5.74, 6) is 1.49. The zero-order valence-corrected chi connectivity index (χ0v) is 27.6. The molecule has 0 saturated heterocycles. The molecule has 3 heteroatoms. The second kappa shape index (κ2) is 11.9. The summed E-state index contributed by atoms with van der Waals surface area (Å²) in [7, 11) is 0. The number of hydrogen-bond donors (Lipinski definition) is 0. The Morgan fingerprint density at radius 2 is 1.00 bits per heavy atom. The molecule has 0 aliphatic heterocycles. The summed E-state index contributed by atoms with van der Waals surface area (Å²) in [6.07, 6.45) is 0. The summed E-state index contributed by atoms with van der Waals surface area (Å²) in [6.45, 7) is 0. The first kappa shape index (κ1) is 29.1. The van der Waals surface area contributed by atoms with Crippen LogP contribution in [0.1, 0.15) is 0 Å². The molecular formula is C48H30N2O. The predicted molar refractivity (Wildman–Crippen MR) is 212 cm³/mol. The molecule has 0 saturated carbocycles. The molecule has 0 fully saturated rings. The van der Waals surface area contributed by atoms with Gasteiger partial charge in [0.2, 0.25) is 0 Å². The van der Waals surface area contributed by atoms with E-state index in [-0.39, 0.29) is 0 Å². The molecular weight excluding hydrogens is 621 g/mol. The van der Waals surface area contributed by atoms with Gasteiger partial charge >= 0.3 is 0 Å². The second-order valence-corrected chi connectivity index (χ2v) is 13.0. The average Bonchev–Trinajstić information content (AvgIpc) is 3.65. The van der Waals surface area contributed by atoms with Crippen molar-refractivity contribution in [1.29, 1.82) is 0 Å². The van der Waals surface area contributed by atoms with Gasteiger partial charge in [-0.15, -0.1) is 0 Å². The molecule has 0 spiro atoms. The molecule has 238 valence electrons. The Hall–Kier alpha value is -6.84. The van der Waals surface area contributed by atoms with Crippen LogP contribution in [0.4, 0.5) is 0 Å². The van der Waals surface area contributed by atoms with Gasteiger partial charge in [-0.05, 0) is 73.8 Å². The maximum Gasteiger partial charge on any atom is 0.160 e. The van der Waals surface area contributed by atoms with Gasteiger partial charge in [0.05, 0.1) is 11.4 Å². The van der Waals surface area contributed by atoms with Gasteiger partial charge in [0.15, 0.2) is 5.82 Å². The summed E-state index contributed by atoms with van der Waals surface area (Å²) < 4.78 is 6.33. The number of nitrogens with zero attached hydrogens (tertiary/aromatic N) is 2. The number of fused-ring (bicyclic) bond motifs is 5. The lowest BCUT2D eigenvalue weighted by Crippen LogP contribution is -1.97.